The summed E-state index contributed by atoms with van der Waals surface area (Å²) in [6, 6.07) is 13.8. The molecule has 9 nitrogen and oxygen atoms in total. The Morgan fingerprint density at radius 2 is 1.53 bits per heavy atom. The summed E-state index contributed by atoms with van der Waals surface area (Å²) in [4.78, 5) is 23.9. The summed E-state index contributed by atoms with van der Waals surface area (Å²) in [6.07, 6.45) is -7.67. The fraction of sp³-hybridized carbons (Fsp3) is 0.333. The maximum absolute atomic E-state index is 12.3. The van der Waals surface area contributed by atoms with Crippen LogP contribution in [0.3, 0.4) is 0 Å². The molecule has 0 aromatic heterocycles. The number of hydrogen-bond acceptors (Lipinski definition) is 7. The molecule has 2 aliphatic rings. The van der Waals surface area contributed by atoms with Crippen LogP contribution in [-0.4, -0.2) is 69.7 Å². The molecule has 0 radical (unpaired) electrons. The number of carboxylic acids is 1. The number of benzene rings is 2. The first-order chi connectivity index (χ1) is 14.4. The van der Waals surface area contributed by atoms with E-state index in [1.54, 1.807) is 0 Å². The lowest BCUT2D eigenvalue weighted by Gasteiger charge is -2.23. The van der Waals surface area contributed by atoms with Gasteiger partial charge in [0, 0.05) is 5.92 Å². The van der Waals surface area contributed by atoms with E-state index in [2.05, 4.69) is 5.32 Å². The van der Waals surface area contributed by atoms with Gasteiger partial charge in [-0.1, -0.05) is 48.5 Å². The first kappa shape index (κ1) is 20.3. The summed E-state index contributed by atoms with van der Waals surface area (Å²) in [5, 5.41) is 40.5. The van der Waals surface area contributed by atoms with E-state index >= 15 is 0 Å². The number of nitrogens with one attached hydrogen (secondary N) is 1. The van der Waals surface area contributed by atoms with E-state index in [-0.39, 0.29) is 12.5 Å². The summed E-state index contributed by atoms with van der Waals surface area (Å²) in [5.41, 5.74) is 4.11. The van der Waals surface area contributed by atoms with Crippen LogP contribution in [0.15, 0.2) is 48.5 Å². The number of aliphatic carboxylic acids is 1. The second-order valence-corrected chi connectivity index (χ2v) is 7.26. The molecule has 158 valence electrons. The highest BCUT2D eigenvalue weighted by Gasteiger charge is 2.48. The number of carboxylic acid groups (broad SMARTS) is 1. The average molecular weight is 415 g/mol. The molecule has 5 atom stereocenters. The van der Waals surface area contributed by atoms with E-state index < -0.39 is 42.7 Å². The van der Waals surface area contributed by atoms with E-state index in [1.165, 1.54) is 0 Å². The van der Waals surface area contributed by atoms with Crippen molar-refractivity contribution in [1.29, 1.82) is 0 Å². The van der Waals surface area contributed by atoms with Crippen LogP contribution in [0.5, 0.6) is 0 Å². The van der Waals surface area contributed by atoms with Crippen molar-refractivity contribution in [1.82, 2.24) is 5.32 Å². The summed E-state index contributed by atoms with van der Waals surface area (Å²) < 4.78 is 10.2. The Hall–Kier alpha value is -2.98. The highest BCUT2D eigenvalue weighted by molar-refractivity contribution is 5.81. The maximum Gasteiger partial charge on any atom is 0.407 e. The van der Waals surface area contributed by atoms with E-state index in [0.717, 1.165) is 22.3 Å². The average Bonchev–Trinajstić information content (AvgIpc) is 3.19. The predicted molar refractivity (Wildman–Crippen MR) is 103 cm³/mol. The van der Waals surface area contributed by atoms with Crippen molar-refractivity contribution in [3.8, 4) is 11.1 Å². The van der Waals surface area contributed by atoms with Gasteiger partial charge in [0.2, 0.25) is 0 Å². The van der Waals surface area contributed by atoms with Crippen LogP contribution in [-0.2, 0) is 14.3 Å². The van der Waals surface area contributed by atoms with Gasteiger partial charge in [-0.2, -0.15) is 0 Å². The molecule has 1 aliphatic heterocycles. The van der Waals surface area contributed by atoms with Crippen LogP contribution in [0.2, 0.25) is 0 Å². The topological polar surface area (TPSA) is 146 Å². The molecule has 9 heteroatoms. The van der Waals surface area contributed by atoms with Crippen LogP contribution < -0.4 is 5.32 Å². The minimum Gasteiger partial charge on any atom is -0.480 e. The minimum absolute atomic E-state index is 0.0223. The molecule has 4 rings (SSSR count). The van der Waals surface area contributed by atoms with Crippen molar-refractivity contribution in [2.45, 2.75) is 36.6 Å². The van der Waals surface area contributed by atoms with E-state index in [9.17, 15) is 30.0 Å². The van der Waals surface area contributed by atoms with Crippen LogP contribution in [0.4, 0.5) is 4.79 Å². The molecule has 2 aromatic rings. The number of fused-ring (bicyclic) bond motifs is 3. The van der Waals surface area contributed by atoms with Crippen LogP contribution in [0.25, 0.3) is 11.1 Å². The molecule has 1 unspecified atom stereocenters. The molecule has 1 aliphatic carbocycles. The third-order valence-electron chi connectivity index (χ3n) is 5.49. The summed E-state index contributed by atoms with van der Waals surface area (Å²) in [5.74, 6) is -1.71. The van der Waals surface area contributed by atoms with Crippen molar-refractivity contribution in [2.75, 3.05) is 6.61 Å². The molecule has 1 heterocycles. The number of carbonyl (C=O) groups excluding carboxylic acids is 1. The van der Waals surface area contributed by atoms with Crippen molar-refractivity contribution in [3.63, 3.8) is 0 Å². The lowest BCUT2D eigenvalue weighted by Crippen LogP contribution is -2.53. The van der Waals surface area contributed by atoms with Gasteiger partial charge in [-0.3, -0.25) is 0 Å². The summed E-state index contributed by atoms with van der Waals surface area (Å²) >= 11 is 0. The Bertz CT molecular complexity index is 918. The van der Waals surface area contributed by atoms with Crippen LogP contribution in [0.1, 0.15) is 17.0 Å². The molecular formula is C21H21NO8. The Kier molecular flexibility index (Phi) is 5.44. The van der Waals surface area contributed by atoms with Crippen molar-refractivity contribution in [3.05, 3.63) is 59.7 Å². The monoisotopic (exact) mass is 415 g/mol. The fourth-order valence-corrected chi connectivity index (χ4v) is 4.01. The number of hydrogen-bond donors (Lipinski definition) is 5. The van der Waals surface area contributed by atoms with Gasteiger partial charge in [-0.05, 0) is 22.3 Å². The zero-order valence-electron chi connectivity index (χ0n) is 15.7. The van der Waals surface area contributed by atoms with Gasteiger partial charge >= 0.3 is 12.1 Å². The van der Waals surface area contributed by atoms with Gasteiger partial charge < -0.3 is 35.2 Å². The summed E-state index contributed by atoms with van der Waals surface area (Å²) in [6.45, 7) is -0.0223. The molecule has 1 fully saturated rings. The maximum atomic E-state index is 12.3. The van der Waals surface area contributed by atoms with Crippen molar-refractivity contribution < 1.29 is 39.5 Å². The largest absolute Gasteiger partial charge is 0.480 e. The molecule has 2 aromatic carbocycles. The number of amides is 1. The first-order valence-corrected chi connectivity index (χ1v) is 9.42. The molecule has 0 bridgehead atoms. The Labute approximate surface area is 171 Å². The minimum atomic E-state index is -1.75. The molecule has 1 amide bonds. The molecule has 30 heavy (non-hydrogen) atoms. The predicted octanol–water partition coefficient (Wildman–Crippen LogP) is 0.417. The number of carbonyl (C=O) groups is 2. The Balaban J connectivity index is 1.45. The van der Waals surface area contributed by atoms with Crippen LogP contribution in [0, 0.1) is 0 Å². The van der Waals surface area contributed by atoms with Gasteiger partial charge in [-0.15, -0.1) is 0 Å². The lowest BCUT2D eigenvalue weighted by atomic mass is 9.98. The quantitative estimate of drug-likeness (QED) is 0.472. The van der Waals surface area contributed by atoms with Gasteiger partial charge in [-0.25, -0.2) is 9.59 Å². The molecule has 5 N–H and O–H groups in total. The number of aliphatic hydroxyl groups is 3. The lowest BCUT2D eigenvalue weighted by molar-refractivity contribution is -0.153. The third-order valence-corrected chi connectivity index (χ3v) is 5.49. The summed E-state index contributed by atoms with van der Waals surface area (Å²) in [7, 11) is 0. The van der Waals surface area contributed by atoms with E-state index in [0.29, 0.717) is 0 Å². The molecule has 0 saturated carbocycles. The number of rotatable bonds is 5. The van der Waals surface area contributed by atoms with Gasteiger partial charge in [0.1, 0.15) is 24.9 Å². The Morgan fingerprint density at radius 1 is 0.967 bits per heavy atom. The normalized spacial score (nSPS) is 26.0. The SMILES string of the molecule is O=C(N[C@@H](C(=O)O)C1O[C@H](O)[C@H](O)[C@H]1O)OCC1c2ccccc2-c2ccccc21. The zero-order chi connectivity index (χ0) is 21.4. The molecule has 1 saturated heterocycles. The highest BCUT2D eigenvalue weighted by Crippen LogP contribution is 2.44. The molecular weight excluding hydrogens is 394 g/mol. The number of ether oxygens (including phenoxy) is 2. The highest BCUT2D eigenvalue weighted by atomic mass is 16.6. The van der Waals surface area contributed by atoms with Crippen LogP contribution >= 0.6 is 0 Å². The van der Waals surface area contributed by atoms with E-state index in [1.807, 2.05) is 48.5 Å². The zero-order valence-corrected chi connectivity index (χ0v) is 15.7. The number of aliphatic hydroxyl groups excluding tert-OH is 3. The number of alkyl carbamates (subject to hydrolysis) is 1. The third kappa shape index (κ3) is 3.52. The van der Waals surface area contributed by atoms with Gasteiger partial charge in [0.25, 0.3) is 0 Å². The van der Waals surface area contributed by atoms with Gasteiger partial charge in [0.05, 0.1) is 0 Å². The first-order valence-electron chi connectivity index (χ1n) is 9.42. The second-order valence-electron chi connectivity index (χ2n) is 7.26. The van der Waals surface area contributed by atoms with Crippen molar-refractivity contribution in [2.24, 2.45) is 0 Å². The Morgan fingerprint density at radius 3 is 2.03 bits per heavy atom. The van der Waals surface area contributed by atoms with Crippen molar-refractivity contribution >= 4 is 12.1 Å². The second kappa shape index (κ2) is 8.04. The standard InChI is InChI=1S/C21H21NO8/c23-16-17(24)20(27)30-18(16)15(19(25)26)22-21(28)29-9-14-12-7-3-1-5-10(12)11-6-2-4-8-13(11)14/h1-8,14-18,20,23-24,27H,9H2,(H,22,28)(H,25,26)/t15-,16-,17-,18?,20+/m1/s1. The molecule has 0 spiro atoms. The smallest absolute Gasteiger partial charge is 0.407 e. The van der Waals surface area contributed by atoms with E-state index in [4.69, 9.17) is 9.47 Å². The van der Waals surface area contributed by atoms with Gasteiger partial charge in [0.15, 0.2) is 12.3 Å². The fourth-order valence-electron chi connectivity index (χ4n) is 4.01.